The largest absolute Gasteiger partial charge is 0.383 e. The number of nitrogens with zero attached hydrogens (tertiary/aromatic N) is 3. The Morgan fingerprint density at radius 3 is 3.05 bits per heavy atom. The highest BCUT2D eigenvalue weighted by Crippen LogP contribution is 2.27. The second-order valence-electron chi connectivity index (χ2n) is 3.75. The molecule has 98 valence electrons. The fourth-order valence-corrected chi connectivity index (χ4v) is 2.47. The molecule has 0 saturated carbocycles. The highest BCUT2D eigenvalue weighted by atomic mass is 32.2. The van der Waals surface area contributed by atoms with Crippen molar-refractivity contribution in [2.75, 3.05) is 17.6 Å². The lowest BCUT2D eigenvalue weighted by Crippen LogP contribution is -2.07. The van der Waals surface area contributed by atoms with Gasteiger partial charge in [-0.15, -0.1) is 11.8 Å². The Labute approximate surface area is 116 Å². The normalized spacial score (nSPS) is 10.1. The molecular weight excluding hydrogens is 260 g/mol. The zero-order valence-corrected chi connectivity index (χ0v) is 11.4. The maximum absolute atomic E-state index is 9.27. The highest BCUT2D eigenvalue weighted by molar-refractivity contribution is 7.99. The van der Waals surface area contributed by atoms with E-state index in [1.807, 2.05) is 18.2 Å². The van der Waals surface area contributed by atoms with Gasteiger partial charge in [-0.05, 0) is 17.9 Å². The monoisotopic (exact) mass is 274 g/mol. The Morgan fingerprint density at radius 2 is 2.37 bits per heavy atom. The molecule has 0 amide bonds. The van der Waals surface area contributed by atoms with Gasteiger partial charge in [0.15, 0.2) is 5.82 Å². The first-order valence-electron chi connectivity index (χ1n) is 6.00. The van der Waals surface area contributed by atoms with Crippen LogP contribution in [-0.4, -0.2) is 22.4 Å². The Morgan fingerprint density at radius 1 is 1.47 bits per heavy atom. The molecule has 0 atom stereocenters. The van der Waals surface area contributed by atoms with Crippen molar-refractivity contribution in [2.45, 2.75) is 18.2 Å². The average molecular weight is 274 g/mol. The van der Waals surface area contributed by atoms with Crippen molar-refractivity contribution < 1.29 is 4.52 Å². The summed E-state index contributed by atoms with van der Waals surface area (Å²) in [6, 6.07) is 8.09. The molecule has 2 rings (SSSR count). The standard InChI is InChI=1S/C13H14N4OS/c1-2-19-12-5-3-4-11(10(12)8-14)15-7-6-13-16-9-18-17-13/h3-5,9,15H,2,6-7H2,1H3. The zero-order valence-electron chi connectivity index (χ0n) is 10.6. The number of aromatic nitrogens is 2. The molecule has 0 bridgehead atoms. The summed E-state index contributed by atoms with van der Waals surface area (Å²) >= 11 is 1.67. The van der Waals surface area contributed by atoms with Crippen LogP contribution in [0.25, 0.3) is 0 Å². The second-order valence-corrected chi connectivity index (χ2v) is 5.05. The average Bonchev–Trinajstić information content (AvgIpc) is 2.93. The fraction of sp³-hybridized carbons (Fsp3) is 0.308. The number of nitrogens with one attached hydrogen (secondary N) is 1. The minimum absolute atomic E-state index is 0.657. The van der Waals surface area contributed by atoms with Crippen molar-refractivity contribution in [2.24, 2.45) is 0 Å². The number of anilines is 1. The molecule has 0 aliphatic rings. The van der Waals surface area contributed by atoms with Gasteiger partial charge in [-0.1, -0.05) is 18.1 Å². The molecule has 0 unspecified atom stereocenters. The van der Waals surface area contributed by atoms with Gasteiger partial charge in [0, 0.05) is 17.9 Å². The highest BCUT2D eigenvalue weighted by Gasteiger charge is 2.08. The van der Waals surface area contributed by atoms with Crippen LogP contribution in [0.3, 0.4) is 0 Å². The van der Waals surface area contributed by atoms with Crippen LogP contribution < -0.4 is 5.32 Å². The van der Waals surface area contributed by atoms with Crippen molar-refractivity contribution in [3.05, 3.63) is 36.0 Å². The third-order valence-electron chi connectivity index (χ3n) is 2.51. The fourth-order valence-electron chi connectivity index (χ4n) is 1.68. The quantitative estimate of drug-likeness (QED) is 0.816. The zero-order chi connectivity index (χ0) is 13.5. The van der Waals surface area contributed by atoms with Crippen LogP contribution >= 0.6 is 11.8 Å². The van der Waals surface area contributed by atoms with Crippen molar-refractivity contribution in [3.8, 4) is 6.07 Å². The van der Waals surface area contributed by atoms with E-state index in [1.165, 1.54) is 6.39 Å². The molecule has 0 spiro atoms. The topological polar surface area (TPSA) is 74.7 Å². The molecule has 1 aromatic heterocycles. The summed E-state index contributed by atoms with van der Waals surface area (Å²) < 4.78 is 4.67. The first-order chi connectivity index (χ1) is 9.35. The molecule has 2 aromatic rings. The van der Waals surface area contributed by atoms with E-state index in [-0.39, 0.29) is 0 Å². The first kappa shape index (κ1) is 13.4. The van der Waals surface area contributed by atoms with Gasteiger partial charge in [0.2, 0.25) is 6.39 Å². The van der Waals surface area contributed by atoms with E-state index in [1.54, 1.807) is 11.8 Å². The predicted octanol–water partition coefficient (Wildman–Crippen LogP) is 2.71. The van der Waals surface area contributed by atoms with Crippen LogP contribution in [0, 0.1) is 11.3 Å². The molecule has 1 aromatic carbocycles. The van der Waals surface area contributed by atoms with E-state index in [0.717, 1.165) is 16.3 Å². The van der Waals surface area contributed by atoms with Gasteiger partial charge >= 0.3 is 0 Å². The third-order valence-corrected chi connectivity index (χ3v) is 3.45. The summed E-state index contributed by atoms with van der Waals surface area (Å²) in [6.45, 7) is 2.73. The van der Waals surface area contributed by atoms with Crippen molar-refractivity contribution >= 4 is 17.4 Å². The van der Waals surface area contributed by atoms with Gasteiger partial charge in [-0.25, -0.2) is 0 Å². The lowest BCUT2D eigenvalue weighted by atomic mass is 10.2. The number of thioether (sulfide) groups is 1. The number of rotatable bonds is 6. The Kier molecular flexibility index (Phi) is 4.81. The molecule has 1 N–H and O–H groups in total. The van der Waals surface area contributed by atoms with Gasteiger partial charge in [0.25, 0.3) is 0 Å². The summed E-state index contributed by atoms with van der Waals surface area (Å²) in [5, 5.41) is 16.3. The minimum Gasteiger partial charge on any atom is -0.383 e. The Bertz CT molecular complexity index is 563. The molecule has 0 saturated heterocycles. The van der Waals surface area contributed by atoms with Crippen LogP contribution in [0.4, 0.5) is 5.69 Å². The summed E-state index contributed by atoms with van der Waals surface area (Å²) in [5.41, 5.74) is 1.55. The van der Waals surface area contributed by atoms with E-state index in [9.17, 15) is 5.26 Å². The maximum Gasteiger partial charge on any atom is 0.213 e. The third kappa shape index (κ3) is 3.48. The van der Waals surface area contributed by atoms with Crippen LogP contribution in [-0.2, 0) is 6.42 Å². The first-order valence-corrected chi connectivity index (χ1v) is 6.98. The van der Waals surface area contributed by atoms with Gasteiger partial charge in [-0.2, -0.15) is 10.2 Å². The second kappa shape index (κ2) is 6.81. The van der Waals surface area contributed by atoms with Crippen molar-refractivity contribution in [3.63, 3.8) is 0 Å². The van der Waals surface area contributed by atoms with Gasteiger partial charge in [0.1, 0.15) is 6.07 Å². The number of nitriles is 1. The van der Waals surface area contributed by atoms with E-state index in [2.05, 4.69) is 33.0 Å². The number of benzene rings is 1. The van der Waals surface area contributed by atoms with Gasteiger partial charge in [0.05, 0.1) is 11.3 Å². The SMILES string of the molecule is CCSc1cccc(NCCc2ncon2)c1C#N. The molecule has 0 radical (unpaired) electrons. The number of hydrogen-bond acceptors (Lipinski definition) is 6. The van der Waals surface area contributed by atoms with Gasteiger partial charge in [-0.3, -0.25) is 0 Å². The molecule has 0 aliphatic heterocycles. The summed E-state index contributed by atoms with van der Waals surface area (Å²) in [6.07, 6.45) is 1.97. The smallest absolute Gasteiger partial charge is 0.213 e. The number of hydrogen-bond donors (Lipinski definition) is 1. The Balaban J connectivity index is 2.03. The van der Waals surface area contributed by atoms with Gasteiger partial charge < -0.3 is 9.84 Å². The molecular formula is C13H14N4OS. The molecule has 19 heavy (non-hydrogen) atoms. The minimum atomic E-state index is 0.657. The molecule has 0 aliphatic carbocycles. The van der Waals surface area contributed by atoms with E-state index in [0.29, 0.717) is 24.4 Å². The van der Waals surface area contributed by atoms with E-state index >= 15 is 0 Å². The molecule has 5 nitrogen and oxygen atoms in total. The van der Waals surface area contributed by atoms with Crippen LogP contribution in [0.5, 0.6) is 0 Å². The van der Waals surface area contributed by atoms with Crippen LogP contribution in [0.1, 0.15) is 18.3 Å². The van der Waals surface area contributed by atoms with E-state index in [4.69, 9.17) is 0 Å². The maximum atomic E-state index is 9.27. The van der Waals surface area contributed by atoms with Crippen LogP contribution in [0.15, 0.2) is 34.0 Å². The summed E-state index contributed by atoms with van der Waals surface area (Å²) in [5.74, 6) is 1.60. The van der Waals surface area contributed by atoms with Crippen molar-refractivity contribution in [1.82, 2.24) is 10.1 Å². The Hall–Kier alpha value is -2.00. The summed E-state index contributed by atoms with van der Waals surface area (Å²) in [4.78, 5) is 4.96. The van der Waals surface area contributed by atoms with Crippen molar-refractivity contribution in [1.29, 1.82) is 5.26 Å². The molecule has 0 fully saturated rings. The lowest BCUT2D eigenvalue weighted by Gasteiger charge is -2.10. The lowest BCUT2D eigenvalue weighted by molar-refractivity contribution is 0.410. The molecule has 1 heterocycles. The van der Waals surface area contributed by atoms with Crippen LogP contribution in [0.2, 0.25) is 0 Å². The molecule has 6 heteroatoms. The van der Waals surface area contributed by atoms with E-state index < -0.39 is 0 Å². The predicted molar refractivity (Wildman–Crippen MR) is 74.0 cm³/mol. The summed E-state index contributed by atoms with van der Waals surface area (Å²) in [7, 11) is 0.